The van der Waals surface area contributed by atoms with E-state index >= 15 is 0 Å². The lowest BCUT2D eigenvalue weighted by atomic mass is 10.2. The number of morpholine rings is 1. The minimum Gasteiger partial charge on any atom is -0.477 e. The molecule has 1 fully saturated rings. The number of carbonyl (C=O) groups is 1. The van der Waals surface area contributed by atoms with E-state index in [0.717, 1.165) is 31.1 Å². The Morgan fingerprint density at radius 2 is 2.59 bits per heavy atom. The fraction of sp³-hybridized carbons (Fsp3) is 0.636. The molecule has 0 aliphatic carbocycles. The highest BCUT2D eigenvalue weighted by Crippen LogP contribution is 2.26. The lowest BCUT2D eigenvalue weighted by Gasteiger charge is -2.31. The van der Waals surface area contributed by atoms with Crippen molar-refractivity contribution in [3.05, 3.63) is 16.1 Å². The number of thiazole rings is 1. The van der Waals surface area contributed by atoms with Gasteiger partial charge in [0.15, 0.2) is 0 Å². The van der Waals surface area contributed by atoms with Crippen LogP contribution in [0.25, 0.3) is 0 Å². The molecule has 2 heterocycles. The molecule has 0 aromatic carbocycles. The van der Waals surface area contributed by atoms with Gasteiger partial charge in [0.05, 0.1) is 12.8 Å². The van der Waals surface area contributed by atoms with E-state index in [1.54, 1.807) is 0 Å². The molecule has 0 saturated carbocycles. The Morgan fingerprint density at radius 1 is 1.76 bits per heavy atom. The summed E-state index contributed by atoms with van der Waals surface area (Å²) in [7, 11) is 0. The predicted octanol–water partition coefficient (Wildman–Crippen LogP) is 1.62. The topological polar surface area (TPSA) is 62.7 Å². The SMILES string of the molecule is CCCN1CCOC(c2ncc(C(=O)O)s2)C1. The molecule has 17 heavy (non-hydrogen) atoms. The number of nitrogens with zero attached hydrogens (tertiary/aromatic N) is 2. The summed E-state index contributed by atoms with van der Waals surface area (Å²) >= 11 is 1.21. The molecule has 5 nitrogen and oxygen atoms in total. The third-order valence-corrected chi connectivity index (χ3v) is 3.78. The van der Waals surface area contributed by atoms with Gasteiger partial charge in [-0.15, -0.1) is 11.3 Å². The molecule has 0 radical (unpaired) electrons. The van der Waals surface area contributed by atoms with E-state index in [2.05, 4.69) is 16.8 Å². The van der Waals surface area contributed by atoms with E-state index in [0.29, 0.717) is 6.61 Å². The van der Waals surface area contributed by atoms with Crippen LogP contribution in [0.3, 0.4) is 0 Å². The second-order valence-corrected chi connectivity index (χ2v) is 5.09. The summed E-state index contributed by atoms with van der Waals surface area (Å²) in [6, 6.07) is 0. The second-order valence-electron chi connectivity index (χ2n) is 4.03. The van der Waals surface area contributed by atoms with E-state index < -0.39 is 5.97 Å². The molecule has 1 aliphatic rings. The number of aromatic carboxylic acids is 1. The van der Waals surface area contributed by atoms with Gasteiger partial charge in [-0.05, 0) is 13.0 Å². The fourth-order valence-corrected chi connectivity index (χ4v) is 2.70. The van der Waals surface area contributed by atoms with E-state index in [4.69, 9.17) is 9.84 Å². The molecule has 0 amide bonds. The second kappa shape index (κ2) is 5.57. The highest BCUT2D eigenvalue weighted by molar-refractivity contribution is 7.13. The smallest absolute Gasteiger partial charge is 0.347 e. The summed E-state index contributed by atoms with van der Waals surface area (Å²) < 4.78 is 5.65. The minimum atomic E-state index is -0.921. The molecule has 1 N–H and O–H groups in total. The van der Waals surface area contributed by atoms with Gasteiger partial charge in [0.2, 0.25) is 0 Å². The van der Waals surface area contributed by atoms with Gasteiger partial charge in [-0.2, -0.15) is 0 Å². The van der Waals surface area contributed by atoms with Crippen LogP contribution in [0.5, 0.6) is 0 Å². The van der Waals surface area contributed by atoms with Gasteiger partial charge in [0.25, 0.3) is 0 Å². The van der Waals surface area contributed by atoms with Crippen molar-refractivity contribution in [2.45, 2.75) is 19.4 Å². The van der Waals surface area contributed by atoms with Crippen LogP contribution in [-0.4, -0.2) is 47.2 Å². The zero-order valence-electron chi connectivity index (χ0n) is 9.76. The summed E-state index contributed by atoms with van der Waals surface area (Å²) in [6.45, 7) is 5.64. The van der Waals surface area contributed by atoms with Gasteiger partial charge in [0, 0.05) is 13.1 Å². The summed E-state index contributed by atoms with van der Waals surface area (Å²) in [6.07, 6.45) is 2.45. The average Bonchev–Trinajstić information content (AvgIpc) is 2.79. The van der Waals surface area contributed by atoms with E-state index in [1.807, 2.05) is 0 Å². The third-order valence-electron chi connectivity index (χ3n) is 2.70. The Morgan fingerprint density at radius 3 is 3.24 bits per heavy atom. The Bertz CT molecular complexity index is 392. The molecule has 0 spiro atoms. The van der Waals surface area contributed by atoms with Crippen molar-refractivity contribution in [2.24, 2.45) is 0 Å². The summed E-state index contributed by atoms with van der Waals surface area (Å²) in [5.74, 6) is -0.921. The van der Waals surface area contributed by atoms with Gasteiger partial charge < -0.3 is 9.84 Å². The van der Waals surface area contributed by atoms with Crippen molar-refractivity contribution in [2.75, 3.05) is 26.2 Å². The Balaban J connectivity index is 2.02. The monoisotopic (exact) mass is 256 g/mol. The average molecular weight is 256 g/mol. The first-order chi connectivity index (χ1) is 8.20. The van der Waals surface area contributed by atoms with Crippen LogP contribution in [0.1, 0.15) is 34.1 Å². The fourth-order valence-electron chi connectivity index (χ4n) is 1.91. The molecule has 1 aromatic heterocycles. The van der Waals surface area contributed by atoms with Crippen molar-refractivity contribution >= 4 is 17.3 Å². The summed E-state index contributed by atoms with van der Waals surface area (Å²) in [5, 5.41) is 9.62. The van der Waals surface area contributed by atoms with Crippen LogP contribution in [-0.2, 0) is 4.74 Å². The maximum atomic E-state index is 10.8. The highest BCUT2D eigenvalue weighted by atomic mass is 32.1. The first-order valence-corrected chi connectivity index (χ1v) is 6.55. The number of rotatable bonds is 4. The maximum absolute atomic E-state index is 10.8. The molecule has 1 atom stereocenters. The Kier molecular flexibility index (Phi) is 4.09. The number of carboxylic acids is 1. The Hall–Kier alpha value is -0.980. The number of ether oxygens (including phenoxy) is 1. The van der Waals surface area contributed by atoms with Gasteiger partial charge in [0.1, 0.15) is 16.0 Å². The molecule has 1 unspecified atom stereocenters. The Labute approximate surface area is 104 Å². The van der Waals surface area contributed by atoms with Gasteiger partial charge in [-0.3, -0.25) is 4.90 Å². The molecular weight excluding hydrogens is 240 g/mol. The van der Waals surface area contributed by atoms with Gasteiger partial charge in [-0.1, -0.05) is 6.92 Å². The number of carboxylic acid groups (broad SMARTS) is 1. The van der Waals surface area contributed by atoms with Crippen LogP contribution < -0.4 is 0 Å². The van der Waals surface area contributed by atoms with Gasteiger partial charge >= 0.3 is 5.97 Å². The maximum Gasteiger partial charge on any atom is 0.347 e. The molecule has 1 saturated heterocycles. The number of aromatic nitrogens is 1. The van der Waals surface area contributed by atoms with Gasteiger partial charge in [-0.25, -0.2) is 9.78 Å². The first kappa shape index (κ1) is 12.5. The molecule has 0 bridgehead atoms. The van der Waals surface area contributed by atoms with Crippen molar-refractivity contribution in [1.82, 2.24) is 9.88 Å². The standard InChI is InChI=1S/C11H16N2O3S/c1-2-3-13-4-5-16-8(7-13)10-12-6-9(17-10)11(14)15/h6,8H,2-5,7H2,1H3,(H,14,15). The van der Waals surface area contributed by atoms with Crippen LogP contribution in [0.15, 0.2) is 6.20 Å². The normalized spacial score (nSPS) is 21.6. The number of hydrogen-bond donors (Lipinski definition) is 1. The molecule has 94 valence electrons. The quantitative estimate of drug-likeness (QED) is 0.887. The highest BCUT2D eigenvalue weighted by Gasteiger charge is 2.24. The third kappa shape index (κ3) is 3.02. The molecule has 6 heteroatoms. The lowest BCUT2D eigenvalue weighted by molar-refractivity contribution is -0.0299. The minimum absolute atomic E-state index is 0.0756. The van der Waals surface area contributed by atoms with E-state index in [9.17, 15) is 4.79 Å². The molecule has 1 aromatic rings. The molecular formula is C11H16N2O3S. The molecule has 2 rings (SSSR count). The van der Waals surface area contributed by atoms with Crippen molar-refractivity contribution in [3.8, 4) is 0 Å². The zero-order valence-corrected chi connectivity index (χ0v) is 10.6. The summed E-state index contributed by atoms with van der Waals surface area (Å²) in [5.41, 5.74) is 0. The van der Waals surface area contributed by atoms with Crippen LogP contribution in [0, 0.1) is 0 Å². The first-order valence-electron chi connectivity index (χ1n) is 5.73. The largest absolute Gasteiger partial charge is 0.477 e. The molecule has 1 aliphatic heterocycles. The van der Waals surface area contributed by atoms with Crippen molar-refractivity contribution in [1.29, 1.82) is 0 Å². The van der Waals surface area contributed by atoms with E-state index in [-0.39, 0.29) is 11.0 Å². The predicted molar refractivity (Wildman–Crippen MR) is 64.5 cm³/mol. The summed E-state index contributed by atoms with van der Waals surface area (Å²) in [4.78, 5) is 17.5. The van der Waals surface area contributed by atoms with Crippen LogP contribution in [0.4, 0.5) is 0 Å². The number of hydrogen-bond acceptors (Lipinski definition) is 5. The zero-order chi connectivity index (χ0) is 12.3. The van der Waals surface area contributed by atoms with Crippen molar-refractivity contribution < 1.29 is 14.6 Å². The van der Waals surface area contributed by atoms with Crippen LogP contribution >= 0.6 is 11.3 Å². The van der Waals surface area contributed by atoms with Crippen LogP contribution in [0.2, 0.25) is 0 Å². The lowest BCUT2D eigenvalue weighted by Crippen LogP contribution is -2.38. The van der Waals surface area contributed by atoms with E-state index in [1.165, 1.54) is 17.5 Å². The van der Waals surface area contributed by atoms with Crippen molar-refractivity contribution in [3.63, 3.8) is 0 Å².